The number of rotatable bonds is 5. The van der Waals surface area contributed by atoms with Gasteiger partial charge in [0.15, 0.2) is 5.78 Å². The minimum atomic E-state index is 0.0209. The predicted octanol–water partition coefficient (Wildman–Crippen LogP) is 3.73. The van der Waals surface area contributed by atoms with Gasteiger partial charge in [-0.3, -0.25) is 4.79 Å². The Labute approximate surface area is 121 Å². The number of benzene rings is 2. The Hall–Kier alpha value is -1.93. The number of carbonyl (C=O) groups is 1. The molecule has 0 bridgehead atoms. The topological polar surface area (TPSA) is 20.3 Å². The Kier molecular flexibility index (Phi) is 4.70. The zero-order valence-corrected chi connectivity index (χ0v) is 12.3. The van der Waals surface area contributed by atoms with Crippen LogP contribution in [0, 0.1) is 5.92 Å². The van der Waals surface area contributed by atoms with Crippen molar-refractivity contribution < 1.29 is 4.79 Å². The number of hydrogen-bond acceptors (Lipinski definition) is 2. The van der Waals surface area contributed by atoms with Crippen molar-refractivity contribution in [3.05, 3.63) is 60.2 Å². The molecule has 0 aliphatic heterocycles. The van der Waals surface area contributed by atoms with Gasteiger partial charge in [0.05, 0.1) is 0 Å². The fraction of sp³-hybridized carbons (Fsp3) is 0.278. The number of Topliss-reactive ketones (excluding diaryl/α,β-unsaturated/α-hetero) is 1. The Bertz CT molecular complexity index is 558. The molecule has 2 aromatic carbocycles. The van der Waals surface area contributed by atoms with Crippen LogP contribution >= 0.6 is 0 Å². The third kappa shape index (κ3) is 3.55. The van der Waals surface area contributed by atoms with Crippen LogP contribution in [0.5, 0.6) is 0 Å². The molecule has 0 saturated heterocycles. The summed E-state index contributed by atoms with van der Waals surface area (Å²) in [4.78, 5) is 14.3. The van der Waals surface area contributed by atoms with Gasteiger partial charge >= 0.3 is 0 Å². The molecule has 0 aliphatic carbocycles. The molecular formula is C18H21NO. The Morgan fingerprint density at radius 1 is 0.950 bits per heavy atom. The first kappa shape index (κ1) is 14.5. The molecule has 104 valence electrons. The van der Waals surface area contributed by atoms with Crippen molar-refractivity contribution in [1.82, 2.24) is 4.90 Å². The molecule has 0 radical (unpaired) electrons. The lowest BCUT2D eigenvalue weighted by Gasteiger charge is -2.16. The molecule has 0 heterocycles. The summed E-state index contributed by atoms with van der Waals surface area (Å²) in [6.45, 7) is 2.76. The first-order chi connectivity index (χ1) is 9.58. The number of hydrogen-bond donors (Lipinski definition) is 0. The van der Waals surface area contributed by atoms with Gasteiger partial charge in [-0.15, -0.1) is 0 Å². The van der Waals surface area contributed by atoms with E-state index in [-0.39, 0.29) is 11.7 Å². The molecule has 0 aromatic heterocycles. The Balaban J connectivity index is 2.14. The van der Waals surface area contributed by atoms with Crippen LogP contribution in [0.25, 0.3) is 11.1 Å². The third-order valence-corrected chi connectivity index (χ3v) is 3.36. The maximum absolute atomic E-state index is 12.3. The molecule has 0 aliphatic rings. The number of carbonyl (C=O) groups excluding carboxylic acids is 1. The SMILES string of the molecule is C[C@H](CN(C)C)C(=O)c1ccc(-c2ccccc2)cc1. The van der Waals surface area contributed by atoms with E-state index in [9.17, 15) is 4.79 Å². The van der Waals surface area contributed by atoms with E-state index in [1.165, 1.54) is 5.56 Å². The first-order valence-electron chi connectivity index (χ1n) is 6.92. The lowest BCUT2D eigenvalue weighted by molar-refractivity contribution is 0.0910. The Morgan fingerprint density at radius 2 is 1.50 bits per heavy atom. The second-order valence-corrected chi connectivity index (χ2v) is 5.47. The summed E-state index contributed by atoms with van der Waals surface area (Å²) in [5, 5.41) is 0. The van der Waals surface area contributed by atoms with E-state index >= 15 is 0 Å². The van der Waals surface area contributed by atoms with Gasteiger partial charge in [0.1, 0.15) is 0 Å². The standard InChI is InChI=1S/C18H21NO/c1-14(13-19(2)3)18(20)17-11-9-16(10-12-17)15-7-5-4-6-8-15/h4-12,14H,13H2,1-3H3/t14-/m1/s1. The van der Waals surface area contributed by atoms with E-state index < -0.39 is 0 Å². The van der Waals surface area contributed by atoms with E-state index in [1.807, 2.05) is 68.4 Å². The highest BCUT2D eigenvalue weighted by Crippen LogP contribution is 2.20. The minimum Gasteiger partial charge on any atom is -0.309 e. The van der Waals surface area contributed by atoms with Crippen molar-refractivity contribution >= 4 is 5.78 Å². The molecule has 0 N–H and O–H groups in total. The summed E-state index contributed by atoms with van der Waals surface area (Å²) >= 11 is 0. The molecular weight excluding hydrogens is 246 g/mol. The highest BCUT2D eigenvalue weighted by atomic mass is 16.1. The summed E-state index contributed by atoms with van der Waals surface area (Å²) in [5.41, 5.74) is 3.11. The highest BCUT2D eigenvalue weighted by Gasteiger charge is 2.15. The maximum Gasteiger partial charge on any atom is 0.166 e. The van der Waals surface area contributed by atoms with Crippen LogP contribution in [0.15, 0.2) is 54.6 Å². The van der Waals surface area contributed by atoms with Gasteiger partial charge in [-0.1, -0.05) is 61.5 Å². The smallest absolute Gasteiger partial charge is 0.166 e. The number of nitrogens with zero attached hydrogens (tertiary/aromatic N) is 1. The quantitative estimate of drug-likeness (QED) is 0.769. The van der Waals surface area contributed by atoms with Crippen molar-refractivity contribution in [2.75, 3.05) is 20.6 Å². The fourth-order valence-corrected chi connectivity index (χ4v) is 2.37. The van der Waals surface area contributed by atoms with Gasteiger partial charge in [0.25, 0.3) is 0 Å². The average Bonchev–Trinajstić information content (AvgIpc) is 2.47. The molecule has 2 heteroatoms. The van der Waals surface area contributed by atoms with Gasteiger partial charge < -0.3 is 4.90 Å². The largest absolute Gasteiger partial charge is 0.309 e. The van der Waals surface area contributed by atoms with Crippen LogP contribution in [0.2, 0.25) is 0 Å². The van der Waals surface area contributed by atoms with E-state index in [0.717, 1.165) is 17.7 Å². The molecule has 0 spiro atoms. The van der Waals surface area contributed by atoms with E-state index in [0.29, 0.717) is 0 Å². The van der Waals surface area contributed by atoms with E-state index in [1.54, 1.807) is 0 Å². The summed E-state index contributed by atoms with van der Waals surface area (Å²) in [6, 6.07) is 18.1. The summed E-state index contributed by atoms with van der Waals surface area (Å²) < 4.78 is 0. The van der Waals surface area contributed by atoms with Crippen molar-refractivity contribution in [2.24, 2.45) is 5.92 Å². The molecule has 0 saturated carbocycles. The molecule has 0 amide bonds. The van der Waals surface area contributed by atoms with Crippen molar-refractivity contribution in [3.8, 4) is 11.1 Å². The van der Waals surface area contributed by atoms with Crippen molar-refractivity contribution in [1.29, 1.82) is 0 Å². The van der Waals surface area contributed by atoms with Crippen LogP contribution in [0.1, 0.15) is 17.3 Å². The fourth-order valence-electron chi connectivity index (χ4n) is 2.37. The first-order valence-corrected chi connectivity index (χ1v) is 6.92. The van der Waals surface area contributed by atoms with Crippen LogP contribution < -0.4 is 0 Å². The number of ketones is 1. The Morgan fingerprint density at radius 3 is 2.05 bits per heavy atom. The van der Waals surface area contributed by atoms with Gasteiger partial charge in [0, 0.05) is 18.0 Å². The second kappa shape index (κ2) is 6.49. The summed E-state index contributed by atoms with van der Waals surface area (Å²) in [5.74, 6) is 0.228. The lowest BCUT2D eigenvalue weighted by atomic mass is 9.96. The van der Waals surface area contributed by atoms with Gasteiger partial charge in [-0.25, -0.2) is 0 Å². The van der Waals surface area contributed by atoms with E-state index in [4.69, 9.17) is 0 Å². The molecule has 2 rings (SSSR count). The normalized spacial score (nSPS) is 12.4. The maximum atomic E-state index is 12.3. The van der Waals surface area contributed by atoms with Crippen molar-refractivity contribution in [2.45, 2.75) is 6.92 Å². The van der Waals surface area contributed by atoms with Gasteiger partial charge in [-0.2, -0.15) is 0 Å². The van der Waals surface area contributed by atoms with Gasteiger partial charge in [0.2, 0.25) is 0 Å². The van der Waals surface area contributed by atoms with Crippen LogP contribution in [-0.4, -0.2) is 31.3 Å². The molecule has 0 fully saturated rings. The van der Waals surface area contributed by atoms with Crippen LogP contribution in [0.3, 0.4) is 0 Å². The third-order valence-electron chi connectivity index (χ3n) is 3.36. The van der Waals surface area contributed by atoms with Crippen LogP contribution in [0.4, 0.5) is 0 Å². The zero-order chi connectivity index (χ0) is 14.5. The van der Waals surface area contributed by atoms with Gasteiger partial charge in [-0.05, 0) is 25.2 Å². The average molecular weight is 267 g/mol. The zero-order valence-electron chi connectivity index (χ0n) is 12.3. The molecule has 1 atom stereocenters. The van der Waals surface area contributed by atoms with E-state index in [2.05, 4.69) is 12.1 Å². The predicted molar refractivity (Wildman–Crippen MR) is 83.9 cm³/mol. The lowest BCUT2D eigenvalue weighted by Crippen LogP contribution is -2.25. The minimum absolute atomic E-state index is 0.0209. The molecule has 2 aromatic rings. The van der Waals surface area contributed by atoms with Crippen LogP contribution in [-0.2, 0) is 0 Å². The van der Waals surface area contributed by atoms with Crippen molar-refractivity contribution in [3.63, 3.8) is 0 Å². The molecule has 20 heavy (non-hydrogen) atoms. The molecule has 0 unspecified atom stereocenters. The summed E-state index contributed by atoms with van der Waals surface area (Å²) in [7, 11) is 3.98. The second-order valence-electron chi connectivity index (χ2n) is 5.47. The summed E-state index contributed by atoms with van der Waals surface area (Å²) in [6.07, 6.45) is 0. The highest BCUT2D eigenvalue weighted by molar-refractivity contribution is 5.98. The monoisotopic (exact) mass is 267 g/mol. The molecule has 2 nitrogen and oxygen atoms in total.